The molecule has 33 heavy (non-hydrogen) atoms. The highest BCUT2D eigenvalue weighted by Crippen LogP contribution is 2.35. The zero-order valence-corrected chi connectivity index (χ0v) is 18.6. The molecule has 0 radical (unpaired) electrons. The topological polar surface area (TPSA) is 150 Å². The lowest BCUT2D eigenvalue weighted by atomic mass is 10.0. The number of hydrogen-bond donors (Lipinski definition) is 3. The number of carbonyl (C=O) groups excluding carboxylic acids is 2. The first kappa shape index (κ1) is 24.5. The van der Waals surface area contributed by atoms with E-state index in [1.54, 1.807) is 6.92 Å². The fourth-order valence-corrected chi connectivity index (χ4v) is 3.93. The van der Waals surface area contributed by atoms with E-state index < -0.39 is 22.7 Å². The maximum absolute atomic E-state index is 13.0. The summed E-state index contributed by atoms with van der Waals surface area (Å²) in [5.74, 6) is -1.58. The van der Waals surface area contributed by atoms with Crippen LogP contribution >= 0.6 is 22.9 Å². The van der Waals surface area contributed by atoms with Gasteiger partial charge in [-0.05, 0) is 6.07 Å². The molecule has 14 heteroatoms. The number of aromatic nitrogens is 4. The van der Waals surface area contributed by atoms with Crippen molar-refractivity contribution in [3.05, 3.63) is 56.5 Å². The van der Waals surface area contributed by atoms with Crippen molar-refractivity contribution < 1.29 is 22.8 Å². The summed E-state index contributed by atoms with van der Waals surface area (Å²) in [6.07, 6.45) is -1.43. The molecule has 1 amide bonds. The van der Waals surface area contributed by atoms with E-state index >= 15 is 0 Å². The first-order valence-electron chi connectivity index (χ1n) is 9.33. The number of nitrogens with two attached hydrogens (primary N) is 2. The number of Topliss-reactive ketones (excluding diaryl/α,β-unsaturated/α-hetero) is 1. The Balaban J connectivity index is 1.71. The van der Waals surface area contributed by atoms with Crippen molar-refractivity contribution in [1.82, 2.24) is 19.9 Å². The predicted molar refractivity (Wildman–Crippen MR) is 116 cm³/mol. The Bertz CT molecular complexity index is 1200. The van der Waals surface area contributed by atoms with Gasteiger partial charge in [0, 0.05) is 30.6 Å². The van der Waals surface area contributed by atoms with Gasteiger partial charge < -0.3 is 16.8 Å². The second kappa shape index (κ2) is 9.77. The Labute approximate surface area is 194 Å². The van der Waals surface area contributed by atoms with Crippen molar-refractivity contribution >= 4 is 46.3 Å². The van der Waals surface area contributed by atoms with Crippen LogP contribution in [0.5, 0.6) is 0 Å². The highest BCUT2D eigenvalue weighted by Gasteiger charge is 2.34. The third-order valence-electron chi connectivity index (χ3n) is 4.51. The second-order valence-corrected chi connectivity index (χ2v) is 8.35. The quantitative estimate of drug-likeness (QED) is 0.417. The Morgan fingerprint density at radius 2 is 1.94 bits per heavy atom. The lowest BCUT2D eigenvalue weighted by molar-refractivity contribution is -0.137. The minimum atomic E-state index is -4.70. The molecule has 0 bridgehead atoms. The Morgan fingerprint density at radius 3 is 2.61 bits per heavy atom. The van der Waals surface area contributed by atoms with Crippen molar-refractivity contribution in [2.75, 3.05) is 11.1 Å². The van der Waals surface area contributed by atoms with Gasteiger partial charge in [-0.2, -0.15) is 13.2 Å². The van der Waals surface area contributed by atoms with Crippen molar-refractivity contribution in [2.24, 2.45) is 5.73 Å². The van der Waals surface area contributed by atoms with Gasteiger partial charge in [0.2, 0.25) is 0 Å². The average Bonchev–Trinajstić information content (AvgIpc) is 3.24. The molecule has 0 aromatic carbocycles. The summed E-state index contributed by atoms with van der Waals surface area (Å²) in [7, 11) is 0. The van der Waals surface area contributed by atoms with Crippen LogP contribution in [0.15, 0.2) is 24.8 Å². The summed E-state index contributed by atoms with van der Waals surface area (Å²) in [5, 5.41) is 2.18. The van der Waals surface area contributed by atoms with E-state index in [1.807, 2.05) is 0 Å². The fourth-order valence-electron chi connectivity index (χ4n) is 2.85. The van der Waals surface area contributed by atoms with Gasteiger partial charge in [-0.1, -0.05) is 18.5 Å². The number of carbonyl (C=O) groups is 2. The number of thiazole rings is 1. The lowest BCUT2D eigenvalue weighted by Crippen LogP contribution is -2.15. The molecular formula is C19H17ClF3N7O2S. The Hall–Kier alpha value is -3.16. The molecule has 0 fully saturated rings. The van der Waals surface area contributed by atoms with E-state index in [2.05, 4.69) is 25.3 Å². The standard InChI is InChI=1S/C19H17ClF3N7O2S/c1-8(2-12(31)15-9(4-24)16(25)29-7-28-15)18-27-6-13(33-18)17(32)30-14-3-10(19(21,22)23)11(20)5-26-14/h3,5-8H,2,4,24H2,1H3,(H2,25,28,29)(H,26,30,32)/t8-/m0/s1. The fraction of sp³-hybridized carbons (Fsp3) is 0.263. The molecule has 3 heterocycles. The highest BCUT2D eigenvalue weighted by molar-refractivity contribution is 7.13. The summed E-state index contributed by atoms with van der Waals surface area (Å²) in [4.78, 5) is 40.9. The van der Waals surface area contributed by atoms with Gasteiger partial charge in [0.05, 0.1) is 21.8 Å². The number of halogens is 4. The van der Waals surface area contributed by atoms with E-state index in [9.17, 15) is 22.8 Å². The van der Waals surface area contributed by atoms with Crippen LogP contribution in [0.1, 0.15) is 55.6 Å². The molecule has 0 aliphatic rings. The smallest absolute Gasteiger partial charge is 0.383 e. The van der Waals surface area contributed by atoms with E-state index in [4.69, 9.17) is 23.1 Å². The van der Waals surface area contributed by atoms with Gasteiger partial charge in [-0.15, -0.1) is 11.3 Å². The number of hydrogen-bond acceptors (Lipinski definition) is 9. The number of ketones is 1. The molecule has 3 aromatic heterocycles. The molecule has 0 saturated carbocycles. The monoisotopic (exact) mass is 499 g/mol. The number of anilines is 2. The van der Waals surface area contributed by atoms with E-state index in [0.717, 1.165) is 17.5 Å². The van der Waals surface area contributed by atoms with Crippen molar-refractivity contribution in [3.8, 4) is 0 Å². The molecule has 0 unspecified atom stereocenters. The minimum Gasteiger partial charge on any atom is -0.383 e. The van der Waals surface area contributed by atoms with E-state index in [1.165, 1.54) is 12.5 Å². The molecule has 9 nitrogen and oxygen atoms in total. The average molecular weight is 500 g/mol. The molecule has 0 saturated heterocycles. The van der Waals surface area contributed by atoms with Crippen molar-refractivity contribution in [1.29, 1.82) is 0 Å². The normalized spacial score (nSPS) is 12.4. The van der Waals surface area contributed by atoms with Crippen molar-refractivity contribution in [3.63, 3.8) is 0 Å². The van der Waals surface area contributed by atoms with Gasteiger partial charge in [0.25, 0.3) is 5.91 Å². The van der Waals surface area contributed by atoms with Gasteiger partial charge in [-0.3, -0.25) is 9.59 Å². The molecular weight excluding hydrogens is 483 g/mol. The van der Waals surface area contributed by atoms with Crippen LogP contribution in [-0.4, -0.2) is 31.6 Å². The molecule has 174 valence electrons. The number of amides is 1. The van der Waals surface area contributed by atoms with Crippen LogP contribution in [0.2, 0.25) is 5.02 Å². The summed E-state index contributed by atoms with van der Waals surface area (Å²) < 4.78 is 39.0. The third-order valence-corrected chi connectivity index (χ3v) is 6.04. The molecule has 0 aliphatic heterocycles. The van der Waals surface area contributed by atoms with Gasteiger partial charge in [0.15, 0.2) is 5.78 Å². The SMILES string of the molecule is C[C@@H](CC(=O)c1ncnc(N)c1CN)c1ncc(C(=O)Nc2cc(C(F)(F)F)c(Cl)cn2)s1. The first-order chi connectivity index (χ1) is 15.5. The Kier molecular flexibility index (Phi) is 7.25. The predicted octanol–water partition coefficient (Wildman–Crippen LogP) is 3.67. The zero-order chi connectivity index (χ0) is 24.3. The molecule has 1 atom stereocenters. The third kappa shape index (κ3) is 5.61. The largest absolute Gasteiger partial charge is 0.418 e. The Morgan fingerprint density at radius 1 is 1.21 bits per heavy atom. The molecule has 3 rings (SSSR count). The van der Waals surface area contributed by atoms with Crippen LogP contribution in [-0.2, 0) is 12.7 Å². The van der Waals surface area contributed by atoms with Crippen LogP contribution in [0.25, 0.3) is 0 Å². The minimum absolute atomic E-state index is 0.00150. The van der Waals surface area contributed by atoms with E-state index in [-0.39, 0.29) is 46.9 Å². The number of pyridine rings is 1. The summed E-state index contributed by atoms with van der Waals surface area (Å²) in [6, 6.07) is 0.645. The maximum Gasteiger partial charge on any atom is 0.418 e. The van der Waals surface area contributed by atoms with Crippen LogP contribution in [0.3, 0.4) is 0 Å². The number of nitrogens with one attached hydrogen (secondary N) is 1. The number of alkyl halides is 3. The van der Waals surface area contributed by atoms with Crippen LogP contribution in [0, 0.1) is 0 Å². The summed E-state index contributed by atoms with van der Waals surface area (Å²) in [6.45, 7) is 1.74. The number of nitrogens with zero attached hydrogens (tertiary/aromatic N) is 4. The van der Waals surface area contributed by atoms with Crippen LogP contribution < -0.4 is 16.8 Å². The summed E-state index contributed by atoms with van der Waals surface area (Å²) >= 11 is 6.53. The zero-order valence-electron chi connectivity index (χ0n) is 17.0. The maximum atomic E-state index is 13.0. The van der Waals surface area contributed by atoms with Gasteiger partial charge >= 0.3 is 6.18 Å². The number of nitrogen functional groups attached to an aromatic ring is 1. The lowest BCUT2D eigenvalue weighted by Gasteiger charge is -2.11. The van der Waals surface area contributed by atoms with Crippen molar-refractivity contribution in [2.45, 2.75) is 32.0 Å². The van der Waals surface area contributed by atoms with Crippen LogP contribution in [0.4, 0.5) is 24.8 Å². The van der Waals surface area contributed by atoms with Gasteiger partial charge in [-0.25, -0.2) is 19.9 Å². The van der Waals surface area contributed by atoms with Gasteiger partial charge in [0.1, 0.15) is 28.5 Å². The number of rotatable bonds is 7. The van der Waals surface area contributed by atoms with E-state index in [0.29, 0.717) is 16.6 Å². The molecule has 0 spiro atoms. The molecule has 3 aromatic rings. The molecule has 0 aliphatic carbocycles. The molecule has 5 N–H and O–H groups in total. The highest BCUT2D eigenvalue weighted by atomic mass is 35.5. The first-order valence-corrected chi connectivity index (χ1v) is 10.5. The summed E-state index contributed by atoms with van der Waals surface area (Å²) in [5.41, 5.74) is 10.7. The second-order valence-electron chi connectivity index (χ2n) is 6.88.